The molecule has 6 nitrogen and oxygen atoms in total. The molecular formula is C12H18N2O4S. The molecule has 0 spiro atoms. The van der Waals surface area contributed by atoms with Gasteiger partial charge >= 0.3 is 12.1 Å². The van der Waals surface area contributed by atoms with Gasteiger partial charge in [0.05, 0.1) is 7.11 Å². The van der Waals surface area contributed by atoms with Crippen LogP contribution in [0.4, 0.5) is 4.79 Å². The van der Waals surface area contributed by atoms with Crippen LogP contribution in [-0.2, 0) is 20.7 Å². The SMILES string of the molecule is COC(=O)[C@@H](Cc1cnsc1)NC(=O)OC(C)(C)C. The molecule has 0 aliphatic carbocycles. The first-order valence-electron chi connectivity index (χ1n) is 5.77. The molecule has 1 rings (SSSR count). The molecule has 1 N–H and O–H groups in total. The fraction of sp³-hybridized carbons (Fsp3) is 0.583. The summed E-state index contributed by atoms with van der Waals surface area (Å²) in [5, 5.41) is 4.32. The maximum Gasteiger partial charge on any atom is 0.408 e. The van der Waals surface area contributed by atoms with Gasteiger partial charge in [-0.05, 0) is 37.9 Å². The summed E-state index contributed by atoms with van der Waals surface area (Å²) < 4.78 is 13.7. The summed E-state index contributed by atoms with van der Waals surface area (Å²) in [6.45, 7) is 5.26. The molecule has 0 aromatic carbocycles. The van der Waals surface area contributed by atoms with Crippen LogP contribution in [-0.4, -0.2) is 35.2 Å². The van der Waals surface area contributed by atoms with E-state index in [0.717, 1.165) is 5.56 Å². The minimum atomic E-state index is -0.781. The highest BCUT2D eigenvalue weighted by molar-refractivity contribution is 7.03. The second-order valence-electron chi connectivity index (χ2n) is 4.96. The van der Waals surface area contributed by atoms with Crippen LogP contribution in [0.1, 0.15) is 26.3 Å². The smallest absolute Gasteiger partial charge is 0.408 e. The highest BCUT2D eigenvalue weighted by Gasteiger charge is 2.25. The van der Waals surface area contributed by atoms with Gasteiger partial charge in [-0.1, -0.05) is 0 Å². The van der Waals surface area contributed by atoms with E-state index in [1.165, 1.54) is 18.6 Å². The third-order valence-corrected chi connectivity index (χ3v) is 2.74. The average Bonchev–Trinajstić information content (AvgIpc) is 2.77. The van der Waals surface area contributed by atoms with Crippen molar-refractivity contribution in [2.45, 2.75) is 38.8 Å². The van der Waals surface area contributed by atoms with Gasteiger partial charge in [-0.15, -0.1) is 0 Å². The van der Waals surface area contributed by atoms with Gasteiger partial charge in [-0.25, -0.2) is 14.0 Å². The summed E-state index contributed by atoms with van der Waals surface area (Å²) in [7, 11) is 1.28. The van der Waals surface area contributed by atoms with Crippen molar-refractivity contribution < 1.29 is 19.1 Å². The van der Waals surface area contributed by atoms with Crippen LogP contribution in [0.5, 0.6) is 0 Å². The molecule has 0 aliphatic heterocycles. The Kier molecular flexibility index (Phi) is 5.29. The first-order valence-corrected chi connectivity index (χ1v) is 6.61. The Labute approximate surface area is 116 Å². The summed E-state index contributed by atoms with van der Waals surface area (Å²) in [6, 6.07) is -0.781. The van der Waals surface area contributed by atoms with Gasteiger partial charge in [0.15, 0.2) is 0 Å². The van der Waals surface area contributed by atoms with Gasteiger partial charge in [-0.2, -0.15) is 0 Å². The van der Waals surface area contributed by atoms with Gasteiger partial charge in [0, 0.05) is 18.0 Å². The molecule has 0 radical (unpaired) electrons. The molecule has 0 saturated heterocycles. The van der Waals surface area contributed by atoms with Crippen LogP contribution >= 0.6 is 11.5 Å². The summed E-state index contributed by atoms with van der Waals surface area (Å²) in [6.07, 6.45) is 1.32. The Balaban J connectivity index is 2.65. The van der Waals surface area contributed by atoms with Crippen molar-refractivity contribution in [1.29, 1.82) is 0 Å². The minimum Gasteiger partial charge on any atom is -0.467 e. The molecule has 106 valence electrons. The Hall–Kier alpha value is -1.63. The molecule has 1 heterocycles. The standard InChI is InChI=1S/C12H18N2O4S/c1-12(2,3)18-11(16)14-9(10(15)17-4)5-8-6-13-19-7-8/h6-7,9H,5H2,1-4H3,(H,14,16)/t9-/m1/s1. The van der Waals surface area contributed by atoms with E-state index in [1.54, 1.807) is 27.0 Å². The normalized spacial score (nSPS) is 12.6. The van der Waals surface area contributed by atoms with Crippen molar-refractivity contribution >= 4 is 23.6 Å². The quantitative estimate of drug-likeness (QED) is 0.853. The van der Waals surface area contributed by atoms with Crippen molar-refractivity contribution in [3.8, 4) is 0 Å². The molecular weight excluding hydrogens is 268 g/mol. The highest BCUT2D eigenvalue weighted by atomic mass is 32.1. The zero-order chi connectivity index (χ0) is 14.5. The van der Waals surface area contributed by atoms with Gasteiger partial charge in [-0.3, -0.25) is 0 Å². The van der Waals surface area contributed by atoms with E-state index in [4.69, 9.17) is 4.74 Å². The number of rotatable bonds is 4. The molecule has 0 bridgehead atoms. The van der Waals surface area contributed by atoms with Crippen LogP contribution in [0.25, 0.3) is 0 Å². The zero-order valence-electron chi connectivity index (χ0n) is 11.4. The number of hydrogen-bond acceptors (Lipinski definition) is 6. The molecule has 0 fully saturated rings. The number of alkyl carbamates (subject to hydrolysis) is 1. The van der Waals surface area contributed by atoms with Crippen LogP contribution < -0.4 is 5.32 Å². The zero-order valence-corrected chi connectivity index (χ0v) is 12.2. The maximum absolute atomic E-state index is 11.7. The first-order chi connectivity index (χ1) is 8.81. The van der Waals surface area contributed by atoms with Gasteiger partial charge in [0.25, 0.3) is 0 Å². The van der Waals surface area contributed by atoms with Crippen LogP contribution in [0, 0.1) is 0 Å². The number of aromatic nitrogens is 1. The number of nitrogens with zero attached hydrogens (tertiary/aromatic N) is 1. The predicted molar refractivity (Wildman–Crippen MR) is 71.0 cm³/mol. The third kappa shape index (κ3) is 5.69. The van der Waals surface area contributed by atoms with Crippen molar-refractivity contribution in [2.75, 3.05) is 7.11 Å². The average molecular weight is 286 g/mol. The number of carbonyl (C=O) groups is 2. The summed E-state index contributed by atoms with van der Waals surface area (Å²) in [5.41, 5.74) is 0.241. The van der Waals surface area contributed by atoms with Crippen molar-refractivity contribution in [2.24, 2.45) is 0 Å². The molecule has 1 atom stereocenters. The summed E-state index contributed by atoms with van der Waals surface area (Å²) >= 11 is 1.28. The fourth-order valence-corrected chi connectivity index (χ4v) is 1.90. The number of hydrogen-bond donors (Lipinski definition) is 1. The Bertz CT molecular complexity index is 425. The maximum atomic E-state index is 11.7. The Morgan fingerprint density at radius 3 is 2.63 bits per heavy atom. The molecule has 19 heavy (non-hydrogen) atoms. The van der Waals surface area contributed by atoms with Gasteiger partial charge < -0.3 is 14.8 Å². The number of amides is 1. The summed E-state index contributed by atoms with van der Waals surface area (Å²) in [5.74, 6) is -0.517. The van der Waals surface area contributed by atoms with Crippen LogP contribution in [0.3, 0.4) is 0 Å². The molecule has 1 aromatic heterocycles. The van der Waals surface area contributed by atoms with Crippen molar-refractivity contribution in [3.05, 3.63) is 17.1 Å². The minimum absolute atomic E-state index is 0.322. The topological polar surface area (TPSA) is 77.5 Å². The number of esters is 1. The summed E-state index contributed by atoms with van der Waals surface area (Å²) in [4.78, 5) is 23.3. The van der Waals surface area contributed by atoms with E-state index in [-0.39, 0.29) is 0 Å². The van der Waals surface area contributed by atoms with Crippen LogP contribution in [0.15, 0.2) is 11.6 Å². The predicted octanol–water partition coefficient (Wildman–Crippen LogP) is 1.75. The molecule has 7 heteroatoms. The second-order valence-corrected chi connectivity index (χ2v) is 5.62. The lowest BCUT2D eigenvalue weighted by molar-refractivity contribution is -0.143. The van der Waals surface area contributed by atoms with E-state index in [2.05, 4.69) is 14.4 Å². The first kappa shape index (κ1) is 15.4. The fourth-order valence-electron chi connectivity index (χ4n) is 1.35. The van der Waals surface area contributed by atoms with E-state index >= 15 is 0 Å². The lowest BCUT2D eigenvalue weighted by Crippen LogP contribution is -2.45. The molecule has 0 saturated carbocycles. The second kappa shape index (κ2) is 6.51. The molecule has 1 aromatic rings. The Morgan fingerprint density at radius 2 is 2.16 bits per heavy atom. The molecule has 0 unspecified atom stereocenters. The van der Waals surface area contributed by atoms with E-state index < -0.39 is 23.7 Å². The number of carbonyl (C=O) groups excluding carboxylic acids is 2. The van der Waals surface area contributed by atoms with E-state index in [0.29, 0.717) is 6.42 Å². The van der Waals surface area contributed by atoms with Gasteiger partial charge in [0.2, 0.25) is 0 Å². The number of ether oxygens (including phenoxy) is 2. The van der Waals surface area contributed by atoms with Crippen molar-refractivity contribution in [3.63, 3.8) is 0 Å². The highest BCUT2D eigenvalue weighted by Crippen LogP contribution is 2.09. The number of nitrogens with one attached hydrogen (secondary N) is 1. The van der Waals surface area contributed by atoms with Gasteiger partial charge in [0.1, 0.15) is 11.6 Å². The van der Waals surface area contributed by atoms with Crippen molar-refractivity contribution in [1.82, 2.24) is 9.69 Å². The molecule has 1 amide bonds. The Morgan fingerprint density at radius 1 is 1.47 bits per heavy atom. The molecule has 0 aliphatic rings. The largest absolute Gasteiger partial charge is 0.467 e. The number of methoxy groups -OCH3 is 1. The van der Waals surface area contributed by atoms with Crippen LogP contribution in [0.2, 0.25) is 0 Å². The lowest BCUT2D eigenvalue weighted by Gasteiger charge is -2.22. The monoisotopic (exact) mass is 286 g/mol. The third-order valence-electron chi connectivity index (χ3n) is 2.10. The van der Waals surface area contributed by atoms with E-state index in [1.807, 2.05) is 5.38 Å². The lowest BCUT2D eigenvalue weighted by atomic mass is 10.1. The van der Waals surface area contributed by atoms with E-state index in [9.17, 15) is 9.59 Å².